The normalized spacial score (nSPS) is 17.4. The van der Waals surface area contributed by atoms with Gasteiger partial charge in [-0.3, -0.25) is 0 Å². The summed E-state index contributed by atoms with van der Waals surface area (Å²) in [5, 5.41) is 3.52. The molecule has 0 radical (unpaired) electrons. The fourth-order valence-electron chi connectivity index (χ4n) is 3.12. The van der Waals surface area contributed by atoms with Gasteiger partial charge in [0.05, 0.1) is 0 Å². The lowest BCUT2D eigenvalue weighted by Gasteiger charge is -2.25. The number of benzene rings is 1. The number of rotatable bonds is 5. The van der Waals surface area contributed by atoms with Crippen LogP contribution in [0, 0.1) is 19.8 Å². The number of hydrogen-bond acceptors (Lipinski definition) is 1. The van der Waals surface area contributed by atoms with Crippen molar-refractivity contribution in [3.63, 3.8) is 0 Å². The molecular formula is C19H29N. The Morgan fingerprint density at radius 2 is 1.90 bits per heavy atom. The van der Waals surface area contributed by atoms with E-state index in [1.807, 2.05) is 0 Å². The van der Waals surface area contributed by atoms with Crippen molar-refractivity contribution < 1.29 is 0 Å². The van der Waals surface area contributed by atoms with Gasteiger partial charge in [-0.1, -0.05) is 56.0 Å². The Balaban J connectivity index is 2.19. The smallest absolute Gasteiger partial charge is 0.0170 e. The van der Waals surface area contributed by atoms with Crippen molar-refractivity contribution in [3.8, 4) is 0 Å². The molecule has 0 aromatic heterocycles. The molecule has 1 aromatic rings. The third-order valence-corrected chi connectivity index (χ3v) is 4.59. The Morgan fingerprint density at radius 1 is 1.15 bits per heavy atom. The molecular weight excluding hydrogens is 242 g/mol. The molecule has 0 amide bonds. The van der Waals surface area contributed by atoms with Crippen LogP contribution in [0.4, 0.5) is 0 Å². The molecule has 0 aliphatic heterocycles. The molecule has 2 rings (SSSR count). The van der Waals surface area contributed by atoms with Gasteiger partial charge in [-0.25, -0.2) is 0 Å². The van der Waals surface area contributed by atoms with Crippen LogP contribution < -0.4 is 5.32 Å². The molecule has 20 heavy (non-hydrogen) atoms. The monoisotopic (exact) mass is 271 g/mol. The van der Waals surface area contributed by atoms with Crippen molar-refractivity contribution in [1.82, 2.24) is 5.32 Å². The molecule has 110 valence electrons. The molecule has 0 heterocycles. The summed E-state index contributed by atoms with van der Waals surface area (Å²) in [6.45, 7) is 8.68. The summed E-state index contributed by atoms with van der Waals surface area (Å²) >= 11 is 0. The van der Waals surface area contributed by atoms with Gasteiger partial charge in [-0.05, 0) is 55.8 Å². The molecule has 1 fully saturated rings. The van der Waals surface area contributed by atoms with Crippen LogP contribution in [0.25, 0.3) is 6.08 Å². The first kappa shape index (κ1) is 15.3. The predicted molar refractivity (Wildman–Crippen MR) is 89.0 cm³/mol. The third kappa shape index (κ3) is 4.21. The molecule has 1 nitrogen and oxygen atoms in total. The van der Waals surface area contributed by atoms with E-state index in [1.165, 1.54) is 48.8 Å². The summed E-state index contributed by atoms with van der Waals surface area (Å²) in [7, 11) is 0. The Labute approximate surface area is 124 Å². The van der Waals surface area contributed by atoms with E-state index in [0.29, 0.717) is 0 Å². The van der Waals surface area contributed by atoms with E-state index in [1.54, 1.807) is 5.57 Å². The van der Waals surface area contributed by atoms with E-state index in [4.69, 9.17) is 0 Å². The van der Waals surface area contributed by atoms with Crippen LogP contribution in [0.3, 0.4) is 0 Å². The van der Waals surface area contributed by atoms with Crippen LogP contribution in [0.2, 0.25) is 0 Å². The lowest BCUT2D eigenvalue weighted by molar-refractivity contribution is 0.397. The van der Waals surface area contributed by atoms with Crippen LogP contribution in [-0.4, -0.2) is 13.1 Å². The fraction of sp³-hybridized carbons (Fsp3) is 0.579. The molecule has 1 aromatic carbocycles. The van der Waals surface area contributed by atoms with Gasteiger partial charge in [0.25, 0.3) is 0 Å². The first-order chi connectivity index (χ1) is 9.70. The highest BCUT2D eigenvalue weighted by atomic mass is 14.8. The van der Waals surface area contributed by atoms with Crippen molar-refractivity contribution in [3.05, 3.63) is 40.5 Å². The van der Waals surface area contributed by atoms with E-state index in [0.717, 1.165) is 19.0 Å². The molecule has 0 bridgehead atoms. The topological polar surface area (TPSA) is 12.0 Å². The Bertz CT molecular complexity index is 453. The van der Waals surface area contributed by atoms with Gasteiger partial charge >= 0.3 is 0 Å². The van der Waals surface area contributed by atoms with Crippen molar-refractivity contribution >= 4 is 6.08 Å². The van der Waals surface area contributed by atoms with Crippen molar-refractivity contribution in [2.45, 2.75) is 52.9 Å². The minimum Gasteiger partial charge on any atom is -0.313 e. The summed E-state index contributed by atoms with van der Waals surface area (Å²) in [5.41, 5.74) is 5.75. The zero-order chi connectivity index (χ0) is 14.4. The zero-order valence-corrected chi connectivity index (χ0v) is 13.3. The van der Waals surface area contributed by atoms with Crippen molar-refractivity contribution in [2.75, 3.05) is 13.1 Å². The molecule has 1 N–H and O–H groups in total. The Kier molecular flexibility index (Phi) is 5.85. The molecule has 0 spiro atoms. The Morgan fingerprint density at radius 3 is 2.55 bits per heavy atom. The second kappa shape index (κ2) is 7.64. The van der Waals surface area contributed by atoms with Crippen LogP contribution in [0.15, 0.2) is 23.8 Å². The van der Waals surface area contributed by atoms with Gasteiger partial charge in [0, 0.05) is 6.54 Å². The largest absolute Gasteiger partial charge is 0.313 e. The summed E-state index contributed by atoms with van der Waals surface area (Å²) in [4.78, 5) is 0. The number of nitrogens with one attached hydrogen (secondary N) is 1. The quantitative estimate of drug-likeness (QED) is 0.805. The van der Waals surface area contributed by atoms with Gasteiger partial charge in [0.1, 0.15) is 0 Å². The number of aryl methyl sites for hydroxylation is 2. The molecule has 1 saturated carbocycles. The van der Waals surface area contributed by atoms with Gasteiger partial charge in [0.15, 0.2) is 0 Å². The van der Waals surface area contributed by atoms with Crippen molar-refractivity contribution in [2.24, 2.45) is 5.92 Å². The number of hydrogen-bond donors (Lipinski definition) is 1. The van der Waals surface area contributed by atoms with E-state index in [-0.39, 0.29) is 0 Å². The molecule has 1 heteroatoms. The average Bonchev–Trinajstić information content (AvgIpc) is 2.48. The maximum Gasteiger partial charge on any atom is 0.0170 e. The molecule has 1 aliphatic carbocycles. The SMILES string of the molecule is CCNC/C(=C/c1ccc(C)c(C)c1)C1CCCCC1. The van der Waals surface area contributed by atoms with E-state index in [2.05, 4.69) is 50.4 Å². The maximum atomic E-state index is 3.52. The lowest BCUT2D eigenvalue weighted by atomic mass is 9.83. The second-order valence-electron chi connectivity index (χ2n) is 6.18. The fourth-order valence-corrected chi connectivity index (χ4v) is 3.12. The van der Waals surface area contributed by atoms with Gasteiger partial charge in [-0.15, -0.1) is 0 Å². The summed E-state index contributed by atoms with van der Waals surface area (Å²) < 4.78 is 0. The first-order valence-corrected chi connectivity index (χ1v) is 8.19. The summed E-state index contributed by atoms with van der Waals surface area (Å²) in [5.74, 6) is 0.796. The third-order valence-electron chi connectivity index (χ3n) is 4.59. The van der Waals surface area contributed by atoms with Gasteiger partial charge < -0.3 is 5.32 Å². The van der Waals surface area contributed by atoms with E-state index >= 15 is 0 Å². The van der Waals surface area contributed by atoms with Crippen LogP contribution in [0.5, 0.6) is 0 Å². The average molecular weight is 271 g/mol. The Hall–Kier alpha value is -1.08. The first-order valence-electron chi connectivity index (χ1n) is 8.19. The second-order valence-corrected chi connectivity index (χ2v) is 6.18. The zero-order valence-electron chi connectivity index (χ0n) is 13.3. The summed E-state index contributed by atoms with van der Waals surface area (Å²) in [6, 6.07) is 6.83. The van der Waals surface area contributed by atoms with E-state index < -0.39 is 0 Å². The minimum absolute atomic E-state index is 0.796. The van der Waals surface area contributed by atoms with Gasteiger partial charge in [-0.2, -0.15) is 0 Å². The summed E-state index contributed by atoms with van der Waals surface area (Å²) in [6.07, 6.45) is 9.42. The molecule has 0 unspecified atom stereocenters. The number of likely N-dealkylation sites (N-methyl/N-ethyl adjacent to an activating group) is 1. The standard InChI is InChI=1S/C19H29N/c1-4-20-14-19(18-8-6-5-7-9-18)13-17-11-10-15(2)16(3)12-17/h10-13,18,20H,4-9,14H2,1-3H3/b19-13-. The molecule has 0 atom stereocenters. The molecule has 1 aliphatic rings. The highest BCUT2D eigenvalue weighted by Gasteiger charge is 2.17. The van der Waals surface area contributed by atoms with Crippen LogP contribution >= 0.6 is 0 Å². The van der Waals surface area contributed by atoms with Crippen LogP contribution in [0.1, 0.15) is 55.7 Å². The maximum absolute atomic E-state index is 3.52. The lowest BCUT2D eigenvalue weighted by Crippen LogP contribution is -2.22. The molecule has 0 saturated heterocycles. The minimum atomic E-state index is 0.796. The highest BCUT2D eigenvalue weighted by Crippen LogP contribution is 2.30. The predicted octanol–water partition coefficient (Wildman–Crippen LogP) is 4.88. The van der Waals surface area contributed by atoms with Gasteiger partial charge in [0.2, 0.25) is 0 Å². The van der Waals surface area contributed by atoms with Crippen LogP contribution in [-0.2, 0) is 0 Å². The van der Waals surface area contributed by atoms with E-state index in [9.17, 15) is 0 Å². The highest BCUT2D eigenvalue weighted by molar-refractivity contribution is 5.55. The van der Waals surface area contributed by atoms with Crippen molar-refractivity contribution in [1.29, 1.82) is 0 Å².